The molecule has 0 unspecified atom stereocenters. The van der Waals surface area contributed by atoms with Crippen LogP contribution < -0.4 is 5.32 Å². The van der Waals surface area contributed by atoms with Gasteiger partial charge in [-0.25, -0.2) is 0 Å². The molecule has 28 heavy (non-hydrogen) atoms. The van der Waals surface area contributed by atoms with Crippen LogP contribution in [0.4, 0.5) is 0 Å². The number of nitrogens with zero attached hydrogens (tertiary/aromatic N) is 3. The summed E-state index contributed by atoms with van der Waals surface area (Å²) in [7, 11) is 1.86. The van der Waals surface area contributed by atoms with E-state index in [1.54, 1.807) is 0 Å². The van der Waals surface area contributed by atoms with Gasteiger partial charge in [0.25, 0.3) is 5.91 Å². The third kappa shape index (κ3) is 3.88. The first-order chi connectivity index (χ1) is 13.7. The van der Waals surface area contributed by atoms with Crippen molar-refractivity contribution in [3.8, 4) is 11.3 Å². The minimum Gasteiger partial charge on any atom is -0.347 e. The van der Waals surface area contributed by atoms with Crippen LogP contribution in [-0.2, 0) is 20.1 Å². The predicted molar refractivity (Wildman–Crippen MR) is 110 cm³/mol. The lowest BCUT2D eigenvalue weighted by Crippen LogP contribution is -2.24. The van der Waals surface area contributed by atoms with E-state index < -0.39 is 0 Å². The van der Waals surface area contributed by atoms with Crippen molar-refractivity contribution < 1.29 is 4.79 Å². The highest BCUT2D eigenvalue weighted by Gasteiger charge is 2.14. The SMILES string of the molecule is Cn1cccc1C(=O)NCc1cn(Cc2ccccc2)nc1-c1ccccc1. The molecule has 0 aliphatic carbocycles. The molecule has 5 nitrogen and oxygen atoms in total. The molecule has 0 saturated carbocycles. The minimum absolute atomic E-state index is 0.0951. The van der Waals surface area contributed by atoms with E-state index in [-0.39, 0.29) is 5.91 Å². The Morgan fingerprint density at radius 2 is 1.68 bits per heavy atom. The lowest BCUT2D eigenvalue weighted by Gasteiger charge is -2.06. The van der Waals surface area contributed by atoms with Crippen LogP contribution in [0.5, 0.6) is 0 Å². The molecule has 0 spiro atoms. The van der Waals surface area contributed by atoms with Gasteiger partial charge in [-0.3, -0.25) is 9.48 Å². The summed E-state index contributed by atoms with van der Waals surface area (Å²) in [4.78, 5) is 12.5. The smallest absolute Gasteiger partial charge is 0.268 e. The van der Waals surface area contributed by atoms with Gasteiger partial charge in [-0.15, -0.1) is 0 Å². The van der Waals surface area contributed by atoms with Gasteiger partial charge in [-0.2, -0.15) is 5.10 Å². The molecule has 0 fully saturated rings. The largest absolute Gasteiger partial charge is 0.347 e. The van der Waals surface area contributed by atoms with E-state index in [1.165, 1.54) is 5.56 Å². The van der Waals surface area contributed by atoms with Crippen molar-refractivity contribution in [2.75, 3.05) is 0 Å². The van der Waals surface area contributed by atoms with E-state index >= 15 is 0 Å². The molecular formula is C23H22N4O. The zero-order valence-corrected chi connectivity index (χ0v) is 15.7. The molecule has 2 aromatic heterocycles. The van der Waals surface area contributed by atoms with Gasteiger partial charge < -0.3 is 9.88 Å². The topological polar surface area (TPSA) is 51.9 Å². The number of hydrogen-bond acceptors (Lipinski definition) is 2. The van der Waals surface area contributed by atoms with E-state index in [0.717, 1.165) is 16.8 Å². The quantitative estimate of drug-likeness (QED) is 0.560. The van der Waals surface area contributed by atoms with Gasteiger partial charge in [0, 0.05) is 37.1 Å². The first-order valence-corrected chi connectivity index (χ1v) is 9.26. The Balaban J connectivity index is 1.59. The molecule has 4 rings (SSSR count). The predicted octanol–water partition coefficient (Wildman–Crippen LogP) is 3.87. The third-order valence-corrected chi connectivity index (χ3v) is 4.69. The lowest BCUT2D eigenvalue weighted by atomic mass is 10.1. The van der Waals surface area contributed by atoms with Crippen molar-refractivity contribution in [2.24, 2.45) is 7.05 Å². The van der Waals surface area contributed by atoms with Crippen LogP contribution >= 0.6 is 0 Å². The number of rotatable bonds is 6. The monoisotopic (exact) mass is 370 g/mol. The molecule has 140 valence electrons. The summed E-state index contributed by atoms with van der Waals surface area (Å²) in [6.07, 6.45) is 3.88. The Labute approximate surface area is 164 Å². The maximum absolute atomic E-state index is 12.5. The maximum atomic E-state index is 12.5. The molecule has 4 aromatic rings. The van der Waals surface area contributed by atoms with Crippen LogP contribution in [0.3, 0.4) is 0 Å². The van der Waals surface area contributed by atoms with E-state index in [9.17, 15) is 4.79 Å². The average molecular weight is 370 g/mol. The summed E-state index contributed by atoms with van der Waals surface area (Å²) >= 11 is 0. The summed E-state index contributed by atoms with van der Waals surface area (Å²) in [5, 5.41) is 7.81. The van der Waals surface area contributed by atoms with Gasteiger partial charge >= 0.3 is 0 Å². The van der Waals surface area contributed by atoms with Gasteiger partial charge in [-0.1, -0.05) is 60.7 Å². The first kappa shape index (κ1) is 17.8. The van der Waals surface area contributed by atoms with Crippen LogP contribution in [0.1, 0.15) is 21.6 Å². The number of carbonyl (C=O) groups excluding carboxylic acids is 1. The number of amides is 1. The number of aromatic nitrogens is 3. The zero-order chi connectivity index (χ0) is 19.3. The Kier molecular flexibility index (Phi) is 5.06. The van der Waals surface area contributed by atoms with Crippen molar-refractivity contribution >= 4 is 5.91 Å². The molecule has 1 amide bonds. The van der Waals surface area contributed by atoms with Gasteiger partial charge in [0.2, 0.25) is 0 Å². The number of aryl methyl sites for hydroxylation is 1. The van der Waals surface area contributed by atoms with Gasteiger partial charge in [0.1, 0.15) is 5.69 Å². The van der Waals surface area contributed by atoms with E-state index in [4.69, 9.17) is 5.10 Å². The van der Waals surface area contributed by atoms with Crippen LogP contribution in [-0.4, -0.2) is 20.3 Å². The van der Waals surface area contributed by atoms with Crippen molar-refractivity contribution in [2.45, 2.75) is 13.1 Å². The normalized spacial score (nSPS) is 10.8. The average Bonchev–Trinajstić information content (AvgIpc) is 3.33. The molecule has 0 aliphatic heterocycles. The van der Waals surface area contributed by atoms with Crippen LogP contribution in [0.2, 0.25) is 0 Å². The summed E-state index contributed by atoms with van der Waals surface area (Å²) in [6.45, 7) is 1.11. The Bertz CT molecular complexity index is 1060. The summed E-state index contributed by atoms with van der Waals surface area (Å²) in [5.41, 5.74) is 4.74. The van der Waals surface area contributed by atoms with Gasteiger partial charge in [0.05, 0.1) is 12.2 Å². The second kappa shape index (κ2) is 7.96. The fourth-order valence-corrected chi connectivity index (χ4v) is 3.25. The lowest BCUT2D eigenvalue weighted by molar-refractivity contribution is 0.0943. The Morgan fingerprint density at radius 3 is 2.36 bits per heavy atom. The molecule has 2 aromatic carbocycles. The van der Waals surface area contributed by atoms with E-state index in [2.05, 4.69) is 17.4 Å². The standard InChI is InChI=1S/C23H22N4O/c1-26-14-8-13-21(26)23(28)24-15-20-17-27(16-18-9-4-2-5-10-18)25-22(20)19-11-6-3-7-12-19/h2-14,17H,15-16H2,1H3,(H,24,28). The fraction of sp³-hybridized carbons (Fsp3) is 0.130. The molecule has 5 heteroatoms. The van der Waals surface area contributed by atoms with Crippen LogP contribution in [0, 0.1) is 0 Å². The highest BCUT2D eigenvalue weighted by atomic mass is 16.1. The van der Waals surface area contributed by atoms with Crippen molar-refractivity contribution in [1.82, 2.24) is 19.7 Å². The molecular weight excluding hydrogens is 348 g/mol. The van der Waals surface area contributed by atoms with Crippen LogP contribution in [0.15, 0.2) is 85.2 Å². The Hall–Kier alpha value is -3.60. The van der Waals surface area contributed by atoms with Crippen molar-refractivity contribution in [1.29, 1.82) is 0 Å². The summed E-state index contributed by atoms with van der Waals surface area (Å²) < 4.78 is 3.74. The number of hydrogen-bond donors (Lipinski definition) is 1. The molecule has 1 N–H and O–H groups in total. The second-order valence-corrected chi connectivity index (χ2v) is 6.74. The number of nitrogens with one attached hydrogen (secondary N) is 1. The zero-order valence-electron chi connectivity index (χ0n) is 15.7. The molecule has 0 atom stereocenters. The van der Waals surface area contributed by atoms with Crippen LogP contribution in [0.25, 0.3) is 11.3 Å². The summed E-state index contributed by atoms with van der Waals surface area (Å²) in [5.74, 6) is -0.0951. The highest BCUT2D eigenvalue weighted by molar-refractivity contribution is 5.92. The Morgan fingerprint density at radius 1 is 0.964 bits per heavy atom. The molecule has 0 aliphatic rings. The molecule has 2 heterocycles. The van der Waals surface area contributed by atoms with E-state index in [0.29, 0.717) is 18.8 Å². The molecule has 0 radical (unpaired) electrons. The van der Waals surface area contributed by atoms with Crippen molar-refractivity contribution in [3.05, 3.63) is 102 Å². The highest BCUT2D eigenvalue weighted by Crippen LogP contribution is 2.22. The first-order valence-electron chi connectivity index (χ1n) is 9.26. The molecule has 0 bridgehead atoms. The maximum Gasteiger partial charge on any atom is 0.268 e. The molecule has 0 saturated heterocycles. The number of benzene rings is 2. The van der Waals surface area contributed by atoms with Gasteiger partial charge in [0.15, 0.2) is 0 Å². The third-order valence-electron chi connectivity index (χ3n) is 4.69. The fourth-order valence-electron chi connectivity index (χ4n) is 3.25. The van der Waals surface area contributed by atoms with E-state index in [1.807, 2.05) is 89.4 Å². The van der Waals surface area contributed by atoms with Crippen molar-refractivity contribution in [3.63, 3.8) is 0 Å². The van der Waals surface area contributed by atoms with Gasteiger partial charge in [-0.05, 0) is 17.7 Å². The summed E-state index contributed by atoms with van der Waals surface area (Å²) in [6, 6.07) is 24.0. The number of carbonyl (C=O) groups is 1. The minimum atomic E-state index is -0.0951. The second-order valence-electron chi connectivity index (χ2n) is 6.74.